The molecule has 0 aliphatic rings. The van der Waals surface area contributed by atoms with E-state index in [1.165, 1.54) is 0 Å². The molecular formula is C14H17F16NO3S. The van der Waals surface area contributed by atoms with Gasteiger partial charge in [-0.25, -0.2) is 12.8 Å². The van der Waals surface area contributed by atoms with Crippen molar-refractivity contribution in [3.8, 4) is 0 Å². The van der Waals surface area contributed by atoms with Gasteiger partial charge in [-0.05, 0) is 19.3 Å². The highest BCUT2D eigenvalue weighted by molar-refractivity contribution is 7.86. The number of alkyl halides is 16. The van der Waals surface area contributed by atoms with Crippen LogP contribution in [0.4, 0.5) is 70.2 Å². The average Bonchev–Trinajstić information content (AvgIpc) is 2.63. The zero-order chi connectivity index (χ0) is 29.1. The van der Waals surface area contributed by atoms with Crippen molar-refractivity contribution >= 4 is 10.1 Å². The molecule has 0 fully saturated rings. The summed E-state index contributed by atoms with van der Waals surface area (Å²) in [5.74, 6) is -40.0. The summed E-state index contributed by atoms with van der Waals surface area (Å²) >= 11 is 0. The van der Waals surface area contributed by atoms with Gasteiger partial charge in [0.15, 0.2) is 16.3 Å². The van der Waals surface area contributed by atoms with Crippen LogP contribution in [0.15, 0.2) is 0 Å². The fourth-order valence-corrected chi connectivity index (χ4v) is 2.41. The lowest BCUT2D eigenvalue weighted by molar-refractivity contribution is -0.597. The lowest BCUT2D eigenvalue weighted by Gasteiger charge is -2.42. The summed E-state index contributed by atoms with van der Waals surface area (Å²) in [5.41, 5.74) is 0. The lowest BCUT2D eigenvalue weighted by atomic mass is 9.90. The fraction of sp³-hybridized carbons (Fsp3) is 1.00. The van der Waals surface area contributed by atoms with Crippen LogP contribution in [-0.4, -0.2) is 74.3 Å². The van der Waals surface area contributed by atoms with E-state index in [-0.39, 0.29) is 0 Å². The van der Waals surface area contributed by atoms with E-state index in [9.17, 15) is 83.2 Å². The normalized spacial score (nSPS) is 16.0. The molecular weight excluding hydrogens is 566 g/mol. The zero-order valence-electron chi connectivity index (χ0n) is 17.2. The number of unbranched alkanes of at least 4 members (excludes halogenated alkanes) is 1. The van der Waals surface area contributed by atoms with Crippen molar-refractivity contribution in [3.63, 3.8) is 0 Å². The van der Waals surface area contributed by atoms with Gasteiger partial charge in [-0.2, -0.15) is 65.9 Å². The van der Waals surface area contributed by atoms with Gasteiger partial charge in [0.05, 0.1) is 14.1 Å². The second kappa shape index (κ2) is 11.0. The third-order valence-corrected chi connectivity index (χ3v) is 4.73. The van der Waals surface area contributed by atoms with E-state index in [1.807, 2.05) is 19.4 Å². The number of hydrogen-bond acceptors (Lipinski definition) is 3. The van der Waals surface area contributed by atoms with Crippen molar-refractivity contribution < 1.29 is 88.5 Å². The molecule has 214 valence electrons. The van der Waals surface area contributed by atoms with Crippen molar-refractivity contribution in [3.05, 3.63) is 0 Å². The third kappa shape index (κ3) is 6.95. The monoisotopic (exact) mass is 583 g/mol. The molecule has 0 aromatic carbocycles. The van der Waals surface area contributed by atoms with E-state index in [2.05, 4.69) is 0 Å². The molecule has 4 nitrogen and oxygen atoms in total. The van der Waals surface area contributed by atoms with Crippen LogP contribution in [0.3, 0.4) is 0 Å². The van der Waals surface area contributed by atoms with E-state index in [4.69, 9.17) is 0 Å². The smallest absolute Gasteiger partial charge is 0.402 e. The Kier molecular flexibility index (Phi) is 11.3. The molecule has 0 saturated heterocycles. The van der Waals surface area contributed by atoms with Crippen molar-refractivity contribution in [1.82, 2.24) is 0 Å². The van der Waals surface area contributed by atoms with Crippen LogP contribution in [0.1, 0.15) is 25.7 Å². The van der Waals surface area contributed by atoms with E-state index >= 15 is 0 Å². The zero-order valence-corrected chi connectivity index (χ0v) is 18.0. The van der Waals surface area contributed by atoms with Crippen LogP contribution >= 0.6 is 0 Å². The van der Waals surface area contributed by atoms with E-state index in [1.54, 1.807) is 0 Å². The molecule has 21 heteroatoms. The second-order valence-corrected chi connectivity index (χ2v) is 8.22. The quantitative estimate of drug-likeness (QED) is 0.220. The highest BCUT2D eigenvalue weighted by Gasteiger charge is 2.91. The molecule has 0 radical (unpaired) electrons. The molecule has 35 heavy (non-hydrogen) atoms. The summed E-state index contributed by atoms with van der Waals surface area (Å²) in [4.78, 5) is 0. The molecule has 0 spiro atoms. The molecule has 0 bridgehead atoms. The largest absolute Gasteiger partial charge is 0.743 e. The topological polar surface area (TPSA) is 73.8 Å². The number of rotatable bonds is 11. The van der Waals surface area contributed by atoms with Crippen LogP contribution in [0.2, 0.25) is 0 Å². The van der Waals surface area contributed by atoms with Crippen LogP contribution in [0.25, 0.3) is 0 Å². The predicted molar refractivity (Wildman–Crippen MR) is 82.6 cm³/mol. The van der Waals surface area contributed by atoms with Gasteiger partial charge in [-0.1, -0.05) is 0 Å². The van der Waals surface area contributed by atoms with Gasteiger partial charge in [0, 0.05) is 6.42 Å². The second-order valence-electron chi connectivity index (χ2n) is 6.80. The molecule has 1 atom stereocenters. The number of hydrogen-bond donors (Lipinski definition) is 1. The summed E-state index contributed by atoms with van der Waals surface area (Å²) < 4.78 is 238. The Bertz CT molecular complexity index is 781. The fourth-order valence-electron chi connectivity index (χ4n) is 1.97. The summed E-state index contributed by atoms with van der Waals surface area (Å²) in [6.45, 7) is 0. The van der Waals surface area contributed by atoms with Crippen molar-refractivity contribution in [1.29, 1.82) is 0 Å². The first-order valence-electron chi connectivity index (χ1n) is 8.71. The standard InChI is InChI=1S/C12H10F16O3S.C2H7N/c13-5(3-1-2-4-6(14,15)16)7(17,18)8(19,20)9(21,22)10(23,24)11(25,26)12(27,28)32(29,30)31;1-3-2/h5H,1-4H2,(H,29,30,31);3H,1-2H3. The Labute approximate surface area is 186 Å². The Morgan fingerprint density at radius 1 is 0.686 bits per heavy atom. The molecule has 1 unspecified atom stereocenters. The molecule has 0 aromatic heterocycles. The molecule has 2 N–H and O–H groups in total. The third-order valence-electron chi connectivity index (χ3n) is 3.84. The minimum Gasteiger partial charge on any atom is -0.743 e. The molecule has 0 saturated carbocycles. The first kappa shape index (κ1) is 35.9. The number of nitrogens with two attached hydrogens (primary N) is 1. The summed E-state index contributed by atoms with van der Waals surface area (Å²) in [5, 5.41) is -5.73. The minimum absolute atomic E-state index is 1.25. The molecule has 0 aliphatic heterocycles. The van der Waals surface area contributed by atoms with Crippen LogP contribution < -0.4 is 5.32 Å². The first-order chi connectivity index (χ1) is 15.0. The molecule has 0 aliphatic carbocycles. The van der Waals surface area contributed by atoms with Gasteiger partial charge >= 0.3 is 41.0 Å². The maximum atomic E-state index is 13.4. The predicted octanol–water partition coefficient (Wildman–Crippen LogP) is 4.57. The van der Waals surface area contributed by atoms with Gasteiger partial charge in [0.2, 0.25) is 0 Å². The Hall–Kier alpha value is -1.25. The minimum atomic E-state index is -8.40. The average molecular weight is 583 g/mol. The molecule has 0 aromatic rings. The lowest BCUT2D eigenvalue weighted by Crippen LogP contribution is -2.74. The van der Waals surface area contributed by atoms with Crippen molar-refractivity contribution in [2.45, 2.75) is 72.9 Å². The van der Waals surface area contributed by atoms with Gasteiger partial charge in [0.25, 0.3) is 0 Å². The summed E-state index contributed by atoms with van der Waals surface area (Å²) in [6.07, 6.45) is -16.2. The van der Waals surface area contributed by atoms with Crippen LogP contribution in [0, 0.1) is 0 Å². The molecule has 0 rings (SSSR count). The highest BCUT2D eigenvalue weighted by Crippen LogP contribution is 2.61. The van der Waals surface area contributed by atoms with Gasteiger partial charge < -0.3 is 9.87 Å². The number of halogens is 16. The maximum absolute atomic E-state index is 13.4. The molecule has 0 heterocycles. The SMILES string of the molecule is C[NH2+]C.O=S(=O)([O-])C(F)(F)C(F)(F)C(F)(F)C(F)(F)C(F)(F)C(F)(F)C(F)CCCCC(F)(F)F. The summed E-state index contributed by atoms with van der Waals surface area (Å²) in [7, 11) is -3.97. The first-order valence-corrected chi connectivity index (χ1v) is 10.1. The number of quaternary nitrogens is 1. The highest BCUT2D eigenvalue weighted by atomic mass is 32.2. The van der Waals surface area contributed by atoms with E-state index in [0.717, 1.165) is 0 Å². The Morgan fingerprint density at radius 3 is 1.34 bits per heavy atom. The molecule has 0 amide bonds. The Morgan fingerprint density at radius 2 is 1.03 bits per heavy atom. The van der Waals surface area contributed by atoms with Gasteiger partial charge in [-0.15, -0.1) is 0 Å². The van der Waals surface area contributed by atoms with Gasteiger partial charge in [-0.3, -0.25) is 0 Å². The van der Waals surface area contributed by atoms with E-state index < -0.39 is 83.0 Å². The maximum Gasteiger partial charge on any atom is 0.402 e. The van der Waals surface area contributed by atoms with Crippen LogP contribution in [-0.2, 0) is 10.1 Å². The Balaban J connectivity index is 0. The van der Waals surface area contributed by atoms with Crippen LogP contribution in [0.5, 0.6) is 0 Å². The summed E-state index contributed by atoms with van der Waals surface area (Å²) in [6, 6.07) is 0. The van der Waals surface area contributed by atoms with Gasteiger partial charge in [0.1, 0.15) is 0 Å². The van der Waals surface area contributed by atoms with E-state index in [0.29, 0.717) is 0 Å². The van der Waals surface area contributed by atoms with Crippen molar-refractivity contribution in [2.24, 2.45) is 0 Å². The van der Waals surface area contributed by atoms with Crippen molar-refractivity contribution in [2.75, 3.05) is 14.1 Å².